The number of hydrogen-bond acceptors (Lipinski definition) is 6. The second-order valence-corrected chi connectivity index (χ2v) is 8.19. The normalized spacial score (nSPS) is 22.9. The zero-order valence-corrected chi connectivity index (χ0v) is 15.3. The molecule has 0 bridgehead atoms. The van der Waals surface area contributed by atoms with E-state index in [2.05, 4.69) is 14.7 Å². The van der Waals surface area contributed by atoms with Crippen molar-refractivity contribution in [2.75, 3.05) is 33.4 Å². The third kappa shape index (κ3) is 3.80. The van der Waals surface area contributed by atoms with Crippen LogP contribution in [0.3, 0.4) is 0 Å². The molecule has 1 saturated heterocycles. The number of aryl methyl sites for hydroxylation is 1. The van der Waals surface area contributed by atoms with Crippen LogP contribution in [-0.2, 0) is 26.2 Å². The Kier molecular flexibility index (Phi) is 5.26. The lowest BCUT2D eigenvalue weighted by atomic mass is 10.2. The standard InChI is InChI=1S/C15H26N4O4S/c1-11-15(12(2)19(17-11)10-22-3)24(20,21)16-8-14-9-18(6-7-23-14)13-4-5-13/h13-14,16H,4-10H2,1-3H3. The van der Waals surface area contributed by atoms with Crippen LogP contribution in [0.5, 0.6) is 0 Å². The van der Waals surface area contributed by atoms with Crippen LogP contribution in [0.15, 0.2) is 4.90 Å². The van der Waals surface area contributed by atoms with Gasteiger partial charge in [0.1, 0.15) is 11.6 Å². The van der Waals surface area contributed by atoms with E-state index in [0.29, 0.717) is 24.0 Å². The zero-order chi connectivity index (χ0) is 17.3. The van der Waals surface area contributed by atoms with E-state index < -0.39 is 10.0 Å². The van der Waals surface area contributed by atoms with Crippen LogP contribution in [-0.4, -0.2) is 68.6 Å². The van der Waals surface area contributed by atoms with Gasteiger partial charge in [0, 0.05) is 32.8 Å². The molecule has 3 rings (SSSR count). The van der Waals surface area contributed by atoms with Gasteiger partial charge in [-0.1, -0.05) is 0 Å². The summed E-state index contributed by atoms with van der Waals surface area (Å²) in [6.07, 6.45) is 2.38. The molecular formula is C15H26N4O4S. The molecule has 136 valence electrons. The first-order chi connectivity index (χ1) is 11.4. The maximum Gasteiger partial charge on any atom is 0.244 e. The van der Waals surface area contributed by atoms with E-state index in [-0.39, 0.29) is 24.3 Å². The summed E-state index contributed by atoms with van der Waals surface area (Å²) < 4.78 is 40.4. The Morgan fingerprint density at radius 1 is 1.38 bits per heavy atom. The molecule has 1 aromatic rings. The Morgan fingerprint density at radius 3 is 2.79 bits per heavy atom. The van der Waals surface area contributed by atoms with Gasteiger partial charge in [-0.2, -0.15) is 5.10 Å². The minimum absolute atomic E-state index is 0.108. The van der Waals surface area contributed by atoms with Crippen molar-refractivity contribution in [3.63, 3.8) is 0 Å². The molecule has 1 aliphatic heterocycles. The fourth-order valence-corrected chi connectivity index (χ4v) is 4.70. The van der Waals surface area contributed by atoms with Crippen molar-refractivity contribution < 1.29 is 17.9 Å². The topological polar surface area (TPSA) is 85.7 Å². The average Bonchev–Trinajstić information content (AvgIpc) is 3.34. The Balaban J connectivity index is 1.65. The van der Waals surface area contributed by atoms with Crippen molar-refractivity contribution in [3.8, 4) is 0 Å². The third-order valence-corrected chi connectivity index (χ3v) is 6.24. The quantitative estimate of drug-likeness (QED) is 0.752. The van der Waals surface area contributed by atoms with Crippen LogP contribution in [0.4, 0.5) is 0 Å². The number of aromatic nitrogens is 2. The number of nitrogens with zero attached hydrogens (tertiary/aromatic N) is 3. The average molecular weight is 358 g/mol. The molecule has 2 aliphatic rings. The van der Waals surface area contributed by atoms with Crippen LogP contribution < -0.4 is 4.72 Å². The van der Waals surface area contributed by atoms with Gasteiger partial charge < -0.3 is 9.47 Å². The minimum atomic E-state index is -3.63. The van der Waals surface area contributed by atoms with E-state index in [0.717, 1.165) is 13.1 Å². The van der Waals surface area contributed by atoms with Crippen molar-refractivity contribution >= 4 is 10.0 Å². The molecule has 1 N–H and O–H groups in total. The fourth-order valence-electron chi connectivity index (χ4n) is 3.23. The van der Waals surface area contributed by atoms with Crippen molar-refractivity contribution in [2.45, 2.75) is 50.5 Å². The number of morpholine rings is 1. The third-order valence-electron chi connectivity index (χ3n) is 4.57. The molecule has 2 heterocycles. The molecule has 0 radical (unpaired) electrons. The molecule has 8 nitrogen and oxygen atoms in total. The van der Waals surface area contributed by atoms with Crippen molar-refractivity contribution in [1.29, 1.82) is 0 Å². The lowest BCUT2D eigenvalue weighted by Gasteiger charge is -2.33. The van der Waals surface area contributed by atoms with E-state index in [4.69, 9.17) is 9.47 Å². The largest absolute Gasteiger partial charge is 0.374 e. The Labute approximate surface area is 143 Å². The first kappa shape index (κ1) is 17.8. The number of ether oxygens (including phenoxy) is 2. The van der Waals surface area contributed by atoms with Crippen LogP contribution in [0.2, 0.25) is 0 Å². The summed E-state index contributed by atoms with van der Waals surface area (Å²) in [5, 5.41) is 4.24. The van der Waals surface area contributed by atoms with Gasteiger partial charge in [-0.05, 0) is 26.7 Å². The highest BCUT2D eigenvalue weighted by Crippen LogP contribution is 2.28. The van der Waals surface area contributed by atoms with Gasteiger partial charge in [0.25, 0.3) is 0 Å². The van der Waals surface area contributed by atoms with Crippen LogP contribution in [0.1, 0.15) is 24.2 Å². The monoisotopic (exact) mass is 358 g/mol. The summed E-state index contributed by atoms with van der Waals surface area (Å²) in [6.45, 7) is 6.32. The lowest BCUT2D eigenvalue weighted by Crippen LogP contribution is -2.48. The molecule has 2 fully saturated rings. The fraction of sp³-hybridized carbons (Fsp3) is 0.800. The van der Waals surface area contributed by atoms with Crippen LogP contribution in [0, 0.1) is 13.8 Å². The molecule has 0 aromatic carbocycles. The lowest BCUT2D eigenvalue weighted by molar-refractivity contribution is -0.0277. The summed E-state index contributed by atoms with van der Waals surface area (Å²) in [7, 11) is -2.08. The van der Waals surface area contributed by atoms with Crippen molar-refractivity contribution in [2.24, 2.45) is 0 Å². The predicted molar refractivity (Wildman–Crippen MR) is 88.2 cm³/mol. The van der Waals surface area contributed by atoms with Gasteiger partial charge in [0.15, 0.2) is 0 Å². The molecule has 24 heavy (non-hydrogen) atoms. The SMILES string of the molecule is COCn1nc(C)c(S(=O)(=O)NCC2CN(C3CC3)CCO2)c1C. The molecule has 1 aliphatic carbocycles. The zero-order valence-electron chi connectivity index (χ0n) is 14.5. The number of rotatable bonds is 7. The van der Waals surface area contributed by atoms with Crippen LogP contribution >= 0.6 is 0 Å². The van der Waals surface area contributed by atoms with E-state index in [9.17, 15) is 8.42 Å². The smallest absolute Gasteiger partial charge is 0.244 e. The summed E-state index contributed by atoms with van der Waals surface area (Å²) >= 11 is 0. The molecule has 0 amide bonds. The highest BCUT2D eigenvalue weighted by Gasteiger charge is 2.33. The van der Waals surface area contributed by atoms with Crippen molar-refractivity contribution in [3.05, 3.63) is 11.4 Å². The summed E-state index contributed by atoms with van der Waals surface area (Å²) in [5.74, 6) is 0. The first-order valence-electron chi connectivity index (χ1n) is 8.30. The van der Waals surface area contributed by atoms with Gasteiger partial charge in [-0.15, -0.1) is 0 Å². The second-order valence-electron chi connectivity index (χ2n) is 6.49. The van der Waals surface area contributed by atoms with Crippen LogP contribution in [0.25, 0.3) is 0 Å². The van der Waals surface area contributed by atoms with Gasteiger partial charge in [-0.25, -0.2) is 17.8 Å². The van der Waals surface area contributed by atoms with E-state index >= 15 is 0 Å². The van der Waals surface area contributed by atoms with E-state index in [1.807, 2.05) is 0 Å². The van der Waals surface area contributed by atoms with Crippen molar-refractivity contribution in [1.82, 2.24) is 19.4 Å². The van der Waals surface area contributed by atoms with Gasteiger partial charge in [0.2, 0.25) is 10.0 Å². The maximum absolute atomic E-state index is 12.7. The number of nitrogens with one attached hydrogen (secondary N) is 1. The Hall–Kier alpha value is -1.00. The predicted octanol–water partition coefficient (Wildman–Crippen LogP) is 0.245. The summed E-state index contributed by atoms with van der Waals surface area (Å²) in [5.41, 5.74) is 1.05. The summed E-state index contributed by atoms with van der Waals surface area (Å²) in [6, 6.07) is 0.671. The van der Waals surface area contributed by atoms with Gasteiger partial charge in [-0.3, -0.25) is 4.90 Å². The maximum atomic E-state index is 12.7. The Bertz CT molecular complexity index is 684. The highest BCUT2D eigenvalue weighted by molar-refractivity contribution is 7.89. The molecule has 1 unspecified atom stereocenters. The molecular weight excluding hydrogens is 332 g/mol. The van der Waals surface area contributed by atoms with E-state index in [1.165, 1.54) is 12.8 Å². The minimum Gasteiger partial charge on any atom is -0.374 e. The number of hydrogen-bond donors (Lipinski definition) is 1. The number of sulfonamides is 1. The highest BCUT2D eigenvalue weighted by atomic mass is 32.2. The summed E-state index contributed by atoms with van der Waals surface area (Å²) in [4.78, 5) is 2.63. The van der Waals surface area contributed by atoms with Gasteiger partial charge in [0.05, 0.1) is 24.1 Å². The molecule has 1 saturated carbocycles. The van der Waals surface area contributed by atoms with Gasteiger partial charge >= 0.3 is 0 Å². The molecule has 9 heteroatoms. The second kappa shape index (κ2) is 7.09. The first-order valence-corrected chi connectivity index (χ1v) is 9.79. The Morgan fingerprint density at radius 2 is 2.12 bits per heavy atom. The molecule has 1 aromatic heterocycles. The number of methoxy groups -OCH3 is 1. The molecule has 1 atom stereocenters. The van der Waals surface area contributed by atoms with E-state index in [1.54, 1.807) is 25.6 Å². The molecule has 0 spiro atoms.